The van der Waals surface area contributed by atoms with Gasteiger partial charge in [-0.05, 0) is 36.6 Å². The van der Waals surface area contributed by atoms with E-state index >= 15 is 0 Å². The summed E-state index contributed by atoms with van der Waals surface area (Å²) in [6.07, 6.45) is 2.23. The van der Waals surface area contributed by atoms with Crippen LogP contribution >= 0.6 is 11.8 Å². The van der Waals surface area contributed by atoms with Crippen LogP contribution in [0.15, 0.2) is 60.7 Å². The second-order valence-electron chi connectivity index (χ2n) is 6.81. The number of ether oxygens (including phenoxy) is 1. The molecule has 2 N–H and O–H groups in total. The van der Waals surface area contributed by atoms with Gasteiger partial charge in [0.05, 0.1) is 5.69 Å². The topological polar surface area (TPSA) is 67.0 Å². The van der Waals surface area contributed by atoms with E-state index in [1.165, 1.54) is 5.56 Å². The Labute approximate surface area is 168 Å². The largest absolute Gasteiger partial charge is 0.381 e. The molecule has 3 aromatic rings. The highest BCUT2D eigenvalue weighted by Crippen LogP contribution is 2.26. The van der Waals surface area contributed by atoms with Crippen LogP contribution in [0.5, 0.6) is 0 Å². The lowest BCUT2D eigenvalue weighted by atomic mass is 10.1. The van der Waals surface area contributed by atoms with Crippen LogP contribution in [0.1, 0.15) is 28.9 Å². The Morgan fingerprint density at radius 2 is 1.93 bits per heavy atom. The maximum absolute atomic E-state index is 12.6. The zero-order valence-electron chi connectivity index (χ0n) is 15.6. The average Bonchev–Trinajstić information content (AvgIpc) is 3.25. The SMILES string of the molecule is O=C(Nc1cccc(CSC2CCOCC2)c1)c1cc(-c2ccccc2)n[nH]1. The fourth-order valence-corrected chi connectivity index (χ4v) is 4.32. The molecule has 5 nitrogen and oxygen atoms in total. The number of nitrogens with one attached hydrogen (secondary N) is 2. The van der Waals surface area contributed by atoms with Crippen molar-refractivity contribution in [3.63, 3.8) is 0 Å². The minimum atomic E-state index is -0.191. The van der Waals surface area contributed by atoms with Crippen molar-refractivity contribution in [2.75, 3.05) is 18.5 Å². The molecule has 0 spiro atoms. The molecule has 0 unspecified atom stereocenters. The molecule has 0 saturated carbocycles. The summed E-state index contributed by atoms with van der Waals surface area (Å²) in [6.45, 7) is 1.73. The van der Waals surface area contributed by atoms with Gasteiger partial charge < -0.3 is 10.1 Å². The van der Waals surface area contributed by atoms with Crippen molar-refractivity contribution in [1.29, 1.82) is 0 Å². The highest BCUT2D eigenvalue weighted by atomic mass is 32.2. The Morgan fingerprint density at radius 3 is 2.75 bits per heavy atom. The number of anilines is 1. The number of amides is 1. The normalized spacial score (nSPS) is 14.7. The van der Waals surface area contributed by atoms with Gasteiger partial charge in [-0.25, -0.2) is 0 Å². The predicted octanol–water partition coefficient (Wildman–Crippen LogP) is 4.74. The van der Waals surface area contributed by atoms with Gasteiger partial charge in [-0.1, -0.05) is 42.5 Å². The molecule has 144 valence electrons. The van der Waals surface area contributed by atoms with Crippen molar-refractivity contribution >= 4 is 23.4 Å². The standard InChI is InChI=1S/C22H23N3O2S/c26-22(21-14-20(24-25-21)17-6-2-1-3-7-17)23-18-8-4-5-16(13-18)15-28-19-9-11-27-12-10-19/h1-8,13-14,19H,9-12,15H2,(H,23,26)(H,24,25). The van der Waals surface area contributed by atoms with Crippen LogP contribution in [0.25, 0.3) is 11.3 Å². The van der Waals surface area contributed by atoms with Gasteiger partial charge in [0, 0.05) is 35.5 Å². The lowest BCUT2D eigenvalue weighted by molar-refractivity contribution is 0.0999. The van der Waals surface area contributed by atoms with Gasteiger partial charge in [-0.15, -0.1) is 0 Å². The first-order chi connectivity index (χ1) is 13.8. The van der Waals surface area contributed by atoms with Crippen molar-refractivity contribution in [3.8, 4) is 11.3 Å². The van der Waals surface area contributed by atoms with Crippen LogP contribution in [0, 0.1) is 0 Å². The molecular formula is C22H23N3O2S. The first-order valence-electron chi connectivity index (χ1n) is 9.48. The number of carbonyl (C=O) groups excluding carboxylic acids is 1. The van der Waals surface area contributed by atoms with E-state index in [0.29, 0.717) is 10.9 Å². The van der Waals surface area contributed by atoms with Gasteiger partial charge in [0.25, 0.3) is 5.91 Å². The molecule has 28 heavy (non-hydrogen) atoms. The molecule has 0 atom stereocenters. The maximum atomic E-state index is 12.6. The maximum Gasteiger partial charge on any atom is 0.273 e. The zero-order valence-corrected chi connectivity index (χ0v) is 16.4. The number of H-pyrrole nitrogens is 1. The van der Waals surface area contributed by atoms with Crippen LogP contribution in [-0.4, -0.2) is 34.6 Å². The Morgan fingerprint density at radius 1 is 1.11 bits per heavy atom. The molecule has 1 aliphatic rings. The number of rotatable bonds is 6. The summed E-state index contributed by atoms with van der Waals surface area (Å²) in [4.78, 5) is 12.6. The van der Waals surface area contributed by atoms with E-state index in [9.17, 15) is 4.79 Å². The van der Waals surface area contributed by atoms with E-state index in [0.717, 1.165) is 48.8 Å². The summed E-state index contributed by atoms with van der Waals surface area (Å²) in [5.41, 5.74) is 4.19. The third-order valence-electron chi connectivity index (χ3n) is 4.73. The molecule has 1 saturated heterocycles. The first kappa shape index (κ1) is 18.8. The summed E-state index contributed by atoms with van der Waals surface area (Å²) in [6, 6.07) is 19.6. The number of aromatic amines is 1. The monoisotopic (exact) mass is 393 g/mol. The lowest BCUT2D eigenvalue weighted by Crippen LogP contribution is -2.17. The molecule has 0 bridgehead atoms. The molecule has 1 fully saturated rings. The Balaban J connectivity index is 1.37. The zero-order chi connectivity index (χ0) is 19.2. The Hall–Kier alpha value is -2.57. The van der Waals surface area contributed by atoms with Crippen LogP contribution in [0.2, 0.25) is 0 Å². The number of benzene rings is 2. The van der Waals surface area contributed by atoms with Gasteiger partial charge in [0.1, 0.15) is 5.69 Å². The molecule has 2 heterocycles. The van der Waals surface area contributed by atoms with Crippen molar-refractivity contribution in [2.24, 2.45) is 0 Å². The minimum absolute atomic E-state index is 0.191. The number of carbonyl (C=O) groups is 1. The van der Waals surface area contributed by atoms with Crippen LogP contribution in [0.3, 0.4) is 0 Å². The van der Waals surface area contributed by atoms with E-state index in [4.69, 9.17) is 4.74 Å². The van der Waals surface area contributed by atoms with Gasteiger partial charge in [0.2, 0.25) is 0 Å². The Bertz CT molecular complexity index is 920. The number of thioether (sulfide) groups is 1. The second-order valence-corrected chi connectivity index (χ2v) is 8.10. The van der Waals surface area contributed by atoms with E-state index in [2.05, 4.69) is 21.6 Å². The quantitative estimate of drug-likeness (QED) is 0.635. The molecule has 4 rings (SSSR count). The first-order valence-corrected chi connectivity index (χ1v) is 10.5. The minimum Gasteiger partial charge on any atom is -0.381 e. The molecular weight excluding hydrogens is 370 g/mol. The molecule has 1 aliphatic heterocycles. The van der Waals surface area contributed by atoms with Gasteiger partial charge in [-0.3, -0.25) is 9.89 Å². The number of nitrogens with zero attached hydrogens (tertiary/aromatic N) is 1. The highest BCUT2D eigenvalue weighted by Gasteiger charge is 2.15. The second kappa shape index (κ2) is 9.08. The summed E-state index contributed by atoms with van der Waals surface area (Å²) < 4.78 is 5.42. The lowest BCUT2D eigenvalue weighted by Gasteiger charge is -2.21. The molecule has 0 radical (unpaired) electrons. The van der Waals surface area contributed by atoms with Crippen molar-refractivity contribution in [1.82, 2.24) is 10.2 Å². The van der Waals surface area contributed by atoms with Crippen molar-refractivity contribution < 1.29 is 9.53 Å². The average molecular weight is 394 g/mol. The molecule has 1 aromatic heterocycles. The summed E-state index contributed by atoms with van der Waals surface area (Å²) in [5, 5.41) is 10.7. The van der Waals surface area contributed by atoms with Crippen LogP contribution in [0.4, 0.5) is 5.69 Å². The third-order valence-corrected chi connectivity index (χ3v) is 6.17. The smallest absolute Gasteiger partial charge is 0.273 e. The van der Waals surface area contributed by atoms with Crippen LogP contribution < -0.4 is 5.32 Å². The summed E-state index contributed by atoms with van der Waals surface area (Å²) >= 11 is 1.97. The van der Waals surface area contributed by atoms with Crippen molar-refractivity contribution in [3.05, 3.63) is 71.9 Å². The fourth-order valence-electron chi connectivity index (χ4n) is 3.19. The molecule has 0 aliphatic carbocycles. The van der Waals surface area contributed by atoms with E-state index in [-0.39, 0.29) is 5.91 Å². The molecule has 1 amide bonds. The number of hydrogen-bond acceptors (Lipinski definition) is 4. The molecule has 2 aromatic carbocycles. The van der Waals surface area contributed by atoms with E-state index in [1.54, 1.807) is 6.07 Å². The van der Waals surface area contributed by atoms with E-state index in [1.807, 2.05) is 60.3 Å². The van der Waals surface area contributed by atoms with Crippen LogP contribution in [-0.2, 0) is 10.5 Å². The molecule has 6 heteroatoms. The highest BCUT2D eigenvalue weighted by molar-refractivity contribution is 7.99. The predicted molar refractivity (Wildman–Crippen MR) is 114 cm³/mol. The number of hydrogen-bond donors (Lipinski definition) is 2. The van der Waals surface area contributed by atoms with Gasteiger partial charge in [-0.2, -0.15) is 16.9 Å². The van der Waals surface area contributed by atoms with Gasteiger partial charge >= 0.3 is 0 Å². The third kappa shape index (κ3) is 4.82. The Kier molecular flexibility index (Phi) is 6.09. The fraction of sp³-hybridized carbons (Fsp3) is 0.273. The van der Waals surface area contributed by atoms with E-state index < -0.39 is 0 Å². The summed E-state index contributed by atoms with van der Waals surface area (Å²) in [7, 11) is 0. The van der Waals surface area contributed by atoms with Crippen molar-refractivity contribution in [2.45, 2.75) is 23.8 Å². The number of aromatic nitrogens is 2. The summed E-state index contributed by atoms with van der Waals surface area (Å²) in [5.74, 6) is 0.750. The van der Waals surface area contributed by atoms with Gasteiger partial charge in [0.15, 0.2) is 0 Å².